The molecule has 0 aliphatic carbocycles. The fourth-order valence-electron chi connectivity index (χ4n) is 10.6. The number of unbranched alkanes of at least 4 members (excludes halogenated alkanes) is 33. The van der Waals surface area contributed by atoms with Crippen molar-refractivity contribution in [3.8, 4) is 0 Å². The summed E-state index contributed by atoms with van der Waals surface area (Å²) in [5, 5.41) is 9.77. The molecule has 9 heteroatoms. The zero-order valence-electron chi connectivity index (χ0n) is 60.9. The summed E-state index contributed by atoms with van der Waals surface area (Å²) in [5.41, 5.74) is 0. The standard InChI is InChI=1S/C84H143NO8/c1-6-8-10-12-14-16-18-20-22-24-26-28-30-32-34-36-38-39-40-41-42-43-45-46-48-50-52-54-56-58-60-62-64-66-68-70-72-74-81(86)91-78-80(79-92-84(83(88)89)90-77-76-85(3,4)5)93-82(87)75-73-71-69-67-65-63-61-59-57-55-53-51-49-47-44-37-35-33-31-29-27-25-23-21-19-17-15-13-11-9-7-2/h8-11,14-17,20-23,26-29,32-35,44,47,80,84H,6-7,12-13,18-19,24-25,30-31,36-43,45-46,48-79H2,1-5H3/p+1/b10-8-,11-9-,16-14-,17-15-,22-20-,23-21-,28-26-,29-27-,34-32-,35-33-,47-44-. The zero-order chi connectivity index (χ0) is 67.5. The number of quaternary nitrogens is 1. The number of rotatable bonds is 70. The molecule has 0 aromatic carbocycles. The molecule has 93 heavy (non-hydrogen) atoms. The molecule has 532 valence electrons. The minimum absolute atomic E-state index is 0.184. The maximum Gasteiger partial charge on any atom is 0.361 e. The number of carboxylic acids is 1. The van der Waals surface area contributed by atoms with Crippen LogP contribution in [-0.2, 0) is 33.3 Å². The normalized spacial score (nSPS) is 13.4. The molecule has 0 spiro atoms. The van der Waals surface area contributed by atoms with Crippen molar-refractivity contribution in [1.29, 1.82) is 0 Å². The Morgan fingerprint density at radius 2 is 0.581 bits per heavy atom. The summed E-state index contributed by atoms with van der Waals surface area (Å²) in [7, 11) is 5.98. The third-order valence-electron chi connectivity index (χ3n) is 16.4. The fraction of sp³-hybridized carbons (Fsp3) is 0.702. The molecule has 0 amide bonds. The number of aliphatic carboxylic acids is 1. The van der Waals surface area contributed by atoms with Crippen molar-refractivity contribution >= 4 is 17.9 Å². The van der Waals surface area contributed by atoms with E-state index in [0.29, 0.717) is 23.9 Å². The molecule has 0 aromatic heterocycles. The smallest absolute Gasteiger partial charge is 0.361 e. The molecule has 0 rings (SSSR count). The topological polar surface area (TPSA) is 108 Å². The second-order valence-corrected chi connectivity index (χ2v) is 26.6. The lowest BCUT2D eigenvalue weighted by atomic mass is 10.0. The molecule has 0 saturated carbocycles. The summed E-state index contributed by atoms with van der Waals surface area (Å²) >= 11 is 0. The monoisotopic (exact) mass is 1300 g/mol. The molecule has 0 radical (unpaired) electrons. The summed E-state index contributed by atoms with van der Waals surface area (Å²) < 4.78 is 23.0. The first-order valence-electron chi connectivity index (χ1n) is 38.3. The van der Waals surface area contributed by atoms with Gasteiger partial charge >= 0.3 is 17.9 Å². The number of nitrogens with zero attached hydrogens (tertiary/aromatic N) is 1. The Hall–Kier alpha value is -4.57. The number of carboxylic acid groups (broad SMARTS) is 1. The van der Waals surface area contributed by atoms with Crippen LogP contribution in [0.1, 0.15) is 322 Å². The molecule has 2 unspecified atom stereocenters. The molecular formula is C84H144NO8+. The van der Waals surface area contributed by atoms with E-state index in [-0.39, 0.29) is 32.2 Å². The van der Waals surface area contributed by atoms with E-state index in [2.05, 4.69) is 148 Å². The van der Waals surface area contributed by atoms with Crippen LogP contribution in [0.3, 0.4) is 0 Å². The highest BCUT2D eigenvalue weighted by atomic mass is 16.7. The number of hydrogen-bond donors (Lipinski definition) is 1. The minimum atomic E-state index is -1.52. The zero-order valence-corrected chi connectivity index (χ0v) is 60.9. The Labute approximate surface area is 573 Å². The Balaban J connectivity index is 4.05. The molecule has 0 saturated heterocycles. The van der Waals surface area contributed by atoms with Gasteiger partial charge in [0.2, 0.25) is 0 Å². The van der Waals surface area contributed by atoms with Gasteiger partial charge in [0.05, 0.1) is 34.4 Å². The molecule has 9 nitrogen and oxygen atoms in total. The Morgan fingerprint density at radius 1 is 0.323 bits per heavy atom. The van der Waals surface area contributed by atoms with Crippen LogP contribution in [-0.4, -0.2) is 87.4 Å². The van der Waals surface area contributed by atoms with Crippen molar-refractivity contribution in [3.05, 3.63) is 134 Å². The number of carbonyl (C=O) groups is 3. The quantitative estimate of drug-likeness (QED) is 0.0211. The van der Waals surface area contributed by atoms with E-state index in [1.807, 2.05) is 21.1 Å². The van der Waals surface area contributed by atoms with Crippen LogP contribution in [0.15, 0.2) is 134 Å². The van der Waals surface area contributed by atoms with Gasteiger partial charge in [0.15, 0.2) is 6.10 Å². The molecule has 0 aliphatic heterocycles. The van der Waals surface area contributed by atoms with Crippen molar-refractivity contribution < 1.29 is 42.9 Å². The Morgan fingerprint density at radius 3 is 0.860 bits per heavy atom. The summed E-state index contributed by atoms with van der Waals surface area (Å²) in [6.07, 6.45) is 103. The van der Waals surface area contributed by atoms with Crippen molar-refractivity contribution in [2.45, 2.75) is 334 Å². The lowest BCUT2D eigenvalue weighted by Gasteiger charge is -2.25. The summed E-state index contributed by atoms with van der Waals surface area (Å²) in [6.45, 7) is 4.67. The van der Waals surface area contributed by atoms with Gasteiger partial charge in [-0.3, -0.25) is 9.59 Å². The maximum atomic E-state index is 13.0. The maximum absolute atomic E-state index is 13.0. The molecular weight excluding hydrogens is 1150 g/mol. The van der Waals surface area contributed by atoms with E-state index in [0.717, 1.165) is 109 Å². The van der Waals surface area contributed by atoms with Gasteiger partial charge in [-0.05, 0) is 109 Å². The van der Waals surface area contributed by atoms with Gasteiger partial charge in [0.25, 0.3) is 6.29 Å². The number of allylic oxidation sites excluding steroid dienone is 22. The number of likely N-dealkylation sites (N-methyl/N-ethyl adjacent to an activating group) is 1. The molecule has 0 fully saturated rings. The van der Waals surface area contributed by atoms with Crippen LogP contribution in [0.2, 0.25) is 0 Å². The molecule has 1 N–H and O–H groups in total. The number of esters is 2. The summed E-state index contributed by atoms with van der Waals surface area (Å²) in [4.78, 5) is 37.7. The summed E-state index contributed by atoms with van der Waals surface area (Å²) in [5.74, 6) is -2.00. The first-order valence-corrected chi connectivity index (χ1v) is 38.3. The highest BCUT2D eigenvalue weighted by molar-refractivity contribution is 5.71. The van der Waals surface area contributed by atoms with Crippen LogP contribution >= 0.6 is 0 Å². The van der Waals surface area contributed by atoms with E-state index < -0.39 is 24.3 Å². The predicted octanol–water partition coefficient (Wildman–Crippen LogP) is 24.5. The van der Waals surface area contributed by atoms with Gasteiger partial charge in [0.1, 0.15) is 13.2 Å². The van der Waals surface area contributed by atoms with Crippen molar-refractivity contribution in [1.82, 2.24) is 0 Å². The molecule has 0 aromatic rings. The third kappa shape index (κ3) is 74.7. The highest BCUT2D eigenvalue weighted by Crippen LogP contribution is 2.18. The molecule has 0 aliphatic rings. The van der Waals surface area contributed by atoms with E-state index in [1.165, 1.54) is 180 Å². The van der Waals surface area contributed by atoms with Crippen LogP contribution in [0.4, 0.5) is 0 Å². The van der Waals surface area contributed by atoms with Gasteiger partial charge in [-0.15, -0.1) is 0 Å². The average Bonchev–Trinajstić information content (AvgIpc) is 3.38. The van der Waals surface area contributed by atoms with Gasteiger partial charge in [0, 0.05) is 12.8 Å². The van der Waals surface area contributed by atoms with Crippen LogP contribution in [0, 0.1) is 0 Å². The van der Waals surface area contributed by atoms with Crippen LogP contribution in [0.5, 0.6) is 0 Å². The van der Waals surface area contributed by atoms with Crippen molar-refractivity contribution in [2.75, 3.05) is 47.5 Å². The minimum Gasteiger partial charge on any atom is -0.477 e. The van der Waals surface area contributed by atoms with E-state index in [1.54, 1.807) is 0 Å². The van der Waals surface area contributed by atoms with Gasteiger partial charge in [-0.25, -0.2) is 4.79 Å². The molecule has 2 atom stereocenters. The van der Waals surface area contributed by atoms with Crippen LogP contribution in [0.25, 0.3) is 0 Å². The molecule has 0 bridgehead atoms. The highest BCUT2D eigenvalue weighted by Gasteiger charge is 2.25. The third-order valence-corrected chi connectivity index (χ3v) is 16.4. The SMILES string of the molecule is CC/C=C\C/C=C\C/C=C\C/C=C\C/C=C\C/C=C\CCCCCCCCCCCCCCC(=O)OC(COC(=O)CCCCCCCCCCCCCCCCCCCCCCC/C=C\C/C=C\C/C=C\C/C=C\C/C=C\CC)COC(OCC[N+](C)(C)C)C(=O)O. The number of hydrogen-bond acceptors (Lipinski definition) is 7. The first kappa shape index (κ1) is 88.4. The van der Waals surface area contributed by atoms with Gasteiger partial charge in [-0.1, -0.05) is 334 Å². The predicted molar refractivity (Wildman–Crippen MR) is 401 cm³/mol. The van der Waals surface area contributed by atoms with Gasteiger partial charge in [-0.2, -0.15) is 0 Å². The van der Waals surface area contributed by atoms with Crippen molar-refractivity contribution in [2.24, 2.45) is 0 Å². The van der Waals surface area contributed by atoms with E-state index >= 15 is 0 Å². The lowest BCUT2D eigenvalue weighted by molar-refractivity contribution is -0.870. The second kappa shape index (κ2) is 73.2. The average molecular weight is 1300 g/mol. The van der Waals surface area contributed by atoms with Gasteiger partial charge < -0.3 is 28.5 Å². The molecule has 0 heterocycles. The van der Waals surface area contributed by atoms with E-state index in [4.69, 9.17) is 18.9 Å². The number of carbonyl (C=O) groups excluding carboxylic acids is 2. The fourth-order valence-corrected chi connectivity index (χ4v) is 10.6. The Bertz CT molecular complexity index is 2000. The van der Waals surface area contributed by atoms with Crippen LogP contribution < -0.4 is 0 Å². The first-order chi connectivity index (χ1) is 45.6. The van der Waals surface area contributed by atoms with E-state index in [9.17, 15) is 19.5 Å². The second-order valence-electron chi connectivity index (χ2n) is 26.6. The Kier molecular flexibility index (Phi) is 69.6. The number of ether oxygens (including phenoxy) is 4. The largest absolute Gasteiger partial charge is 0.477 e. The summed E-state index contributed by atoms with van der Waals surface area (Å²) in [6, 6.07) is 0. The van der Waals surface area contributed by atoms with Crippen molar-refractivity contribution in [3.63, 3.8) is 0 Å². The lowest BCUT2D eigenvalue weighted by Crippen LogP contribution is -2.40.